The first-order chi connectivity index (χ1) is 11.8. The van der Waals surface area contributed by atoms with Crippen LogP contribution in [0.25, 0.3) is 0 Å². The Kier molecular flexibility index (Phi) is 5.17. The van der Waals surface area contributed by atoms with Gasteiger partial charge in [-0.1, -0.05) is 6.07 Å². The van der Waals surface area contributed by atoms with Crippen LogP contribution in [0.15, 0.2) is 29.2 Å². The number of sulfonamides is 1. The number of carbonyl (C=O) groups is 1. The number of carbonyl (C=O) groups excluding carboxylic acids is 1. The summed E-state index contributed by atoms with van der Waals surface area (Å²) < 4.78 is 49.5. The highest BCUT2D eigenvalue weighted by atomic mass is 32.2. The fourth-order valence-electron chi connectivity index (χ4n) is 3.32. The van der Waals surface area contributed by atoms with Crippen LogP contribution in [0.4, 0.5) is 5.69 Å². The van der Waals surface area contributed by atoms with E-state index in [-0.39, 0.29) is 34.6 Å². The van der Waals surface area contributed by atoms with Crippen molar-refractivity contribution in [1.82, 2.24) is 4.31 Å². The van der Waals surface area contributed by atoms with Gasteiger partial charge in [0.05, 0.1) is 16.4 Å². The van der Waals surface area contributed by atoms with Crippen LogP contribution in [-0.4, -0.2) is 51.6 Å². The van der Waals surface area contributed by atoms with Crippen LogP contribution in [0.2, 0.25) is 0 Å². The number of anilines is 1. The lowest BCUT2D eigenvalue weighted by Gasteiger charge is -2.16. The number of hydrogen-bond donors (Lipinski definition) is 1. The summed E-state index contributed by atoms with van der Waals surface area (Å²) in [6, 6.07) is 6.20. The zero-order valence-electron chi connectivity index (χ0n) is 13.8. The summed E-state index contributed by atoms with van der Waals surface area (Å²) in [5.41, 5.74) is 0.408. The Bertz CT molecular complexity index is 858. The van der Waals surface area contributed by atoms with E-state index >= 15 is 0 Å². The van der Waals surface area contributed by atoms with E-state index in [2.05, 4.69) is 5.32 Å². The molecule has 2 saturated heterocycles. The summed E-state index contributed by atoms with van der Waals surface area (Å²) in [6.45, 7) is 1.05. The van der Waals surface area contributed by atoms with Gasteiger partial charge in [0, 0.05) is 25.2 Å². The van der Waals surface area contributed by atoms with Crippen LogP contribution in [0.3, 0.4) is 0 Å². The van der Waals surface area contributed by atoms with E-state index in [1.807, 2.05) is 0 Å². The second-order valence-corrected chi connectivity index (χ2v) is 10.8. The topological polar surface area (TPSA) is 101 Å². The van der Waals surface area contributed by atoms with Gasteiger partial charge in [-0.15, -0.1) is 0 Å². The van der Waals surface area contributed by atoms with Gasteiger partial charge in [-0.25, -0.2) is 16.8 Å². The third-order valence-corrected chi connectivity index (χ3v) is 8.35. The Labute approximate surface area is 148 Å². The summed E-state index contributed by atoms with van der Waals surface area (Å²) in [7, 11) is -6.55. The molecule has 1 N–H and O–H groups in total. The highest BCUT2D eigenvalue weighted by Crippen LogP contribution is 2.25. The number of hydrogen-bond acceptors (Lipinski definition) is 5. The van der Waals surface area contributed by atoms with E-state index < -0.39 is 19.9 Å². The first kappa shape index (κ1) is 18.3. The summed E-state index contributed by atoms with van der Waals surface area (Å²) in [6.07, 6.45) is 2.35. The van der Waals surface area contributed by atoms with E-state index in [0.29, 0.717) is 25.2 Å². The number of rotatable bonds is 5. The van der Waals surface area contributed by atoms with E-state index in [0.717, 1.165) is 12.8 Å². The van der Waals surface area contributed by atoms with Crippen molar-refractivity contribution >= 4 is 31.5 Å². The lowest BCUT2D eigenvalue weighted by Crippen LogP contribution is -2.28. The van der Waals surface area contributed by atoms with Gasteiger partial charge in [0.25, 0.3) is 0 Å². The number of sulfone groups is 1. The highest BCUT2D eigenvalue weighted by Gasteiger charge is 2.30. The minimum atomic E-state index is -3.53. The zero-order valence-corrected chi connectivity index (χ0v) is 15.5. The number of benzene rings is 1. The summed E-state index contributed by atoms with van der Waals surface area (Å²) in [4.78, 5) is 12.3. The molecule has 3 rings (SSSR count). The van der Waals surface area contributed by atoms with E-state index in [1.165, 1.54) is 16.4 Å². The van der Waals surface area contributed by atoms with Gasteiger partial charge in [0.1, 0.15) is 0 Å². The second-order valence-electron chi connectivity index (χ2n) is 6.66. The van der Waals surface area contributed by atoms with Crippen molar-refractivity contribution in [2.75, 3.05) is 29.9 Å². The minimum Gasteiger partial charge on any atom is -0.326 e. The van der Waals surface area contributed by atoms with Crippen LogP contribution in [0.1, 0.15) is 25.7 Å². The predicted molar refractivity (Wildman–Crippen MR) is 94.4 cm³/mol. The molecule has 2 aliphatic heterocycles. The quantitative estimate of drug-likeness (QED) is 0.820. The first-order valence-corrected chi connectivity index (χ1v) is 11.6. The molecule has 0 radical (unpaired) electrons. The number of nitrogens with one attached hydrogen (secondary N) is 1. The van der Waals surface area contributed by atoms with Crippen molar-refractivity contribution in [1.29, 1.82) is 0 Å². The molecule has 2 heterocycles. The van der Waals surface area contributed by atoms with Crippen molar-refractivity contribution in [3.63, 3.8) is 0 Å². The van der Waals surface area contributed by atoms with Crippen LogP contribution in [0.5, 0.6) is 0 Å². The van der Waals surface area contributed by atoms with Gasteiger partial charge in [0.2, 0.25) is 15.9 Å². The predicted octanol–water partition coefficient (Wildman–Crippen LogP) is 1.23. The average Bonchev–Trinajstić information content (AvgIpc) is 3.17. The van der Waals surface area contributed by atoms with E-state index in [4.69, 9.17) is 0 Å². The smallest absolute Gasteiger partial charge is 0.243 e. The van der Waals surface area contributed by atoms with Crippen molar-refractivity contribution in [3.05, 3.63) is 24.3 Å². The molecule has 0 saturated carbocycles. The van der Waals surface area contributed by atoms with Gasteiger partial charge in [0.15, 0.2) is 9.84 Å². The van der Waals surface area contributed by atoms with E-state index in [1.54, 1.807) is 12.1 Å². The van der Waals surface area contributed by atoms with Crippen molar-refractivity contribution < 1.29 is 21.6 Å². The fraction of sp³-hybridized carbons (Fsp3) is 0.562. The maximum absolute atomic E-state index is 12.6. The number of amides is 1. The maximum atomic E-state index is 12.6. The molecule has 0 unspecified atom stereocenters. The van der Waals surface area contributed by atoms with Gasteiger partial charge in [-0.05, 0) is 43.4 Å². The van der Waals surface area contributed by atoms with Crippen molar-refractivity contribution in [2.45, 2.75) is 30.6 Å². The Balaban J connectivity index is 1.66. The van der Waals surface area contributed by atoms with Crippen molar-refractivity contribution in [3.8, 4) is 0 Å². The third-order valence-electron chi connectivity index (χ3n) is 4.62. The molecule has 0 aromatic heterocycles. The summed E-state index contributed by atoms with van der Waals surface area (Å²) in [5, 5.41) is 2.68. The molecule has 9 heteroatoms. The molecule has 0 bridgehead atoms. The van der Waals surface area contributed by atoms with Crippen LogP contribution < -0.4 is 5.32 Å². The second kappa shape index (κ2) is 7.05. The molecule has 0 spiro atoms. The standard InChI is InChI=1S/C16H22N2O5S2/c19-16(10-13-6-9-24(20,21)12-13)17-14-4-3-5-15(11-14)25(22,23)18-7-1-2-8-18/h3-5,11,13H,1-2,6-10,12H2,(H,17,19)/t13-/m1/s1. The Hall–Kier alpha value is -1.45. The Morgan fingerprint density at radius 1 is 1.24 bits per heavy atom. The molecule has 7 nitrogen and oxygen atoms in total. The van der Waals surface area contributed by atoms with Crippen molar-refractivity contribution in [2.24, 2.45) is 5.92 Å². The fourth-order valence-corrected chi connectivity index (χ4v) is 6.74. The van der Waals surface area contributed by atoms with Gasteiger partial charge < -0.3 is 5.32 Å². The maximum Gasteiger partial charge on any atom is 0.243 e. The van der Waals surface area contributed by atoms with Crippen LogP contribution in [0, 0.1) is 5.92 Å². The molecule has 2 aliphatic rings. The minimum absolute atomic E-state index is 0.0454. The van der Waals surface area contributed by atoms with E-state index in [9.17, 15) is 21.6 Å². The molecule has 1 amide bonds. The first-order valence-electron chi connectivity index (χ1n) is 8.37. The highest BCUT2D eigenvalue weighted by molar-refractivity contribution is 7.91. The van der Waals surface area contributed by atoms with Gasteiger partial charge in [-0.3, -0.25) is 4.79 Å². The van der Waals surface area contributed by atoms with Crippen LogP contribution >= 0.6 is 0 Å². The van der Waals surface area contributed by atoms with Gasteiger partial charge in [-0.2, -0.15) is 4.31 Å². The molecule has 1 aromatic rings. The molecule has 138 valence electrons. The number of nitrogens with zero attached hydrogens (tertiary/aromatic N) is 1. The Morgan fingerprint density at radius 2 is 1.96 bits per heavy atom. The largest absolute Gasteiger partial charge is 0.326 e. The Morgan fingerprint density at radius 3 is 2.60 bits per heavy atom. The summed E-state index contributed by atoms with van der Waals surface area (Å²) >= 11 is 0. The monoisotopic (exact) mass is 386 g/mol. The van der Waals surface area contributed by atoms with Gasteiger partial charge >= 0.3 is 0 Å². The molecule has 25 heavy (non-hydrogen) atoms. The molecular weight excluding hydrogens is 364 g/mol. The molecule has 2 fully saturated rings. The molecule has 1 atom stereocenters. The van der Waals surface area contributed by atoms with Crippen LogP contribution in [-0.2, 0) is 24.7 Å². The molecule has 0 aliphatic carbocycles. The zero-order chi connectivity index (χ0) is 18.1. The normalized spacial score (nSPS) is 23.6. The molecule has 1 aromatic carbocycles. The average molecular weight is 386 g/mol. The summed E-state index contributed by atoms with van der Waals surface area (Å²) in [5.74, 6) is -0.280. The lowest BCUT2D eigenvalue weighted by atomic mass is 10.1. The SMILES string of the molecule is O=C(C[C@H]1CCS(=O)(=O)C1)Nc1cccc(S(=O)(=O)N2CCCC2)c1. The third kappa shape index (κ3) is 4.39. The molecular formula is C16H22N2O5S2. The lowest BCUT2D eigenvalue weighted by molar-refractivity contribution is -0.116.